The molecule has 0 aromatic heterocycles. The first-order valence-electron chi connectivity index (χ1n) is 5.81. The number of halogens is 1. The fourth-order valence-corrected chi connectivity index (χ4v) is 2.13. The highest BCUT2D eigenvalue weighted by Gasteiger charge is 2.31. The van der Waals surface area contributed by atoms with Crippen molar-refractivity contribution >= 4 is 11.6 Å². The number of nitrogens with two attached hydrogens (primary N) is 1. The Morgan fingerprint density at radius 2 is 2.06 bits per heavy atom. The van der Waals surface area contributed by atoms with Crippen LogP contribution in [0.2, 0.25) is 0 Å². The normalized spacial score (nSPS) is 20.4. The van der Waals surface area contributed by atoms with Crippen LogP contribution in [0, 0.1) is 11.7 Å². The zero-order valence-electron chi connectivity index (χ0n) is 10.3. The van der Waals surface area contributed by atoms with Crippen LogP contribution in [0.5, 0.6) is 0 Å². The van der Waals surface area contributed by atoms with Gasteiger partial charge in [-0.25, -0.2) is 4.39 Å². The van der Waals surface area contributed by atoms with Crippen molar-refractivity contribution in [2.24, 2.45) is 11.7 Å². The summed E-state index contributed by atoms with van der Waals surface area (Å²) in [6, 6.07) is 2.56. The predicted octanol–water partition coefficient (Wildman–Crippen LogP) is 2.54. The van der Waals surface area contributed by atoms with Gasteiger partial charge in [-0.1, -0.05) is 13.8 Å². The molecule has 1 aliphatic rings. The lowest BCUT2D eigenvalue weighted by Gasteiger charge is -2.19. The summed E-state index contributed by atoms with van der Waals surface area (Å²) < 4.78 is 13.6. The molecule has 0 saturated carbocycles. The number of rotatable bonds is 2. The Labute approximate surface area is 100 Å². The Balaban J connectivity index is 2.56. The van der Waals surface area contributed by atoms with E-state index in [2.05, 4.69) is 5.32 Å². The van der Waals surface area contributed by atoms with Crippen LogP contribution in [-0.2, 0) is 4.79 Å². The summed E-state index contributed by atoms with van der Waals surface area (Å²) in [7, 11) is 0. The van der Waals surface area contributed by atoms with Crippen molar-refractivity contribution in [3.05, 3.63) is 29.1 Å². The van der Waals surface area contributed by atoms with E-state index in [9.17, 15) is 9.18 Å². The van der Waals surface area contributed by atoms with E-state index in [0.29, 0.717) is 16.8 Å². The quantitative estimate of drug-likeness (QED) is 0.829. The molecule has 1 heterocycles. The largest absolute Gasteiger partial charge is 0.325 e. The van der Waals surface area contributed by atoms with Gasteiger partial charge in [0.2, 0.25) is 5.91 Å². The minimum absolute atomic E-state index is 0.0946. The molecule has 2 rings (SSSR count). The molecule has 1 aromatic carbocycles. The molecule has 0 fully saturated rings. The van der Waals surface area contributed by atoms with Gasteiger partial charge < -0.3 is 11.1 Å². The highest BCUT2D eigenvalue weighted by molar-refractivity contribution is 6.03. The Bertz CT molecular complexity index is 471. The van der Waals surface area contributed by atoms with Crippen LogP contribution in [0.3, 0.4) is 0 Å². The van der Waals surface area contributed by atoms with Crippen LogP contribution in [0.15, 0.2) is 12.1 Å². The van der Waals surface area contributed by atoms with Gasteiger partial charge in [0.1, 0.15) is 5.82 Å². The third kappa shape index (κ3) is 1.93. The Kier molecular flexibility index (Phi) is 2.91. The Morgan fingerprint density at radius 1 is 1.41 bits per heavy atom. The van der Waals surface area contributed by atoms with Crippen molar-refractivity contribution in [3.63, 3.8) is 0 Å². The minimum Gasteiger partial charge on any atom is -0.325 e. The topological polar surface area (TPSA) is 55.1 Å². The van der Waals surface area contributed by atoms with Gasteiger partial charge in [0, 0.05) is 11.7 Å². The summed E-state index contributed by atoms with van der Waals surface area (Å²) in [4.78, 5) is 11.6. The molecule has 0 aliphatic carbocycles. The first kappa shape index (κ1) is 12.0. The van der Waals surface area contributed by atoms with Crippen LogP contribution < -0.4 is 11.1 Å². The molecular weight excluding hydrogens is 219 g/mol. The third-order valence-electron chi connectivity index (χ3n) is 3.35. The number of amides is 1. The van der Waals surface area contributed by atoms with Crippen molar-refractivity contribution in [2.75, 3.05) is 5.32 Å². The first-order valence-corrected chi connectivity index (χ1v) is 5.81. The maximum atomic E-state index is 13.6. The maximum Gasteiger partial charge on any atom is 0.231 e. The zero-order valence-corrected chi connectivity index (χ0v) is 10.3. The molecule has 0 radical (unpaired) electrons. The maximum absolute atomic E-state index is 13.6. The highest BCUT2D eigenvalue weighted by Crippen LogP contribution is 2.39. The van der Waals surface area contributed by atoms with Gasteiger partial charge in [-0.05, 0) is 36.1 Å². The Hall–Kier alpha value is -1.42. The van der Waals surface area contributed by atoms with E-state index in [1.807, 2.05) is 13.8 Å². The number of hydrogen-bond donors (Lipinski definition) is 2. The van der Waals surface area contributed by atoms with Crippen LogP contribution in [0.25, 0.3) is 0 Å². The lowest BCUT2D eigenvalue weighted by molar-refractivity contribution is -0.116. The molecule has 3 nitrogen and oxygen atoms in total. The number of nitrogens with one attached hydrogen (secondary N) is 1. The number of anilines is 1. The minimum atomic E-state index is -0.335. The van der Waals surface area contributed by atoms with E-state index in [-0.39, 0.29) is 29.6 Å². The van der Waals surface area contributed by atoms with Gasteiger partial charge in [0.05, 0.1) is 5.92 Å². The van der Waals surface area contributed by atoms with Crippen molar-refractivity contribution < 1.29 is 9.18 Å². The highest BCUT2D eigenvalue weighted by atomic mass is 19.1. The fraction of sp³-hybridized carbons (Fsp3) is 0.462. The van der Waals surface area contributed by atoms with Crippen LogP contribution in [0.4, 0.5) is 10.1 Å². The summed E-state index contributed by atoms with van der Waals surface area (Å²) in [6.45, 7) is 5.72. The average Bonchev–Trinajstić information content (AvgIpc) is 2.54. The van der Waals surface area contributed by atoms with Gasteiger partial charge in [-0.3, -0.25) is 4.79 Å². The van der Waals surface area contributed by atoms with Gasteiger partial charge in [-0.2, -0.15) is 0 Å². The van der Waals surface area contributed by atoms with E-state index < -0.39 is 0 Å². The van der Waals surface area contributed by atoms with Gasteiger partial charge in [-0.15, -0.1) is 0 Å². The first-order chi connectivity index (χ1) is 7.91. The summed E-state index contributed by atoms with van der Waals surface area (Å²) in [5.74, 6) is -0.548. The molecule has 0 bridgehead atoms. The summed E-state index contributed by atoms with van der Waals surface area (Å²) in [5, 5.41) is 2.79. The molecule has 4 heteroatoms. The molecule has 2 atom stereocenters. The molecule has 3 N–H and O–H groups in total. The van der Waals surface area contributed by atoms with E-state index in [0.717, 1.165) is 0 Å². The Morgan fingerprint density at radius 3 is 2.65 bits per heavy atom. The molecule has 92 valence electrons. The van der Waals surface area contributed by atoms with Gasteiger partial charge >= 0.3 is 0 Å². The summed E-state index contributed by atoms with van der Waals surface area (Å²) in [6.07, 6.45) is 0. The molecule has 2 unspecified atom stereocenters. The van der Waals surface area contributed by atoms with E-state index >= 15 is 0 Å². The van der Waals surface area contributed by atoms with Crippen LogP contribution in [-0.4, -0.2) is 5.91 Å². The van der Waals surface area contributed by atoms with E-state index in [1.165, 1.54) is 12.1 Å². The van der Waals surface area contributed by atoms with Crippen molar-refractivity contribution in [3.8, 4) is 0 Å². The molecule has 1 aromatic rings. The summed E-state index contributed by atoms with van der Waals surface area (Å²) >= 11 is 0. The second kappa shape index (κ2) is 4.11. The molecule has 0 saturated heterocycles. The number of hydrogen-bond acceptors (Lipinski definition) is 2. The van der Waals surface area contributed by atoms with E-state index in [1.54, 1.807) is 6.92 Å². The van der Waals surface area contributed by atoms with Crippen molar-refractivity contribution in [1.29, 1.82) is 0 Å². The molecule has 17 heavy (non-hydrogen) atoms. The van der Waals surface area contributed by atoms with Crippen LogP contribution >= 0.6 is 0 Å². The second-order valence-electron chi connectivity index (χ2n) is 4.94. The number of benzene rings is 1. The monoisotopic (exact) mass is 236 g/mol. The molecular formula is C13H17FN2O. The average molecular weight is 236 g/mol. The number of fused-ring (bicyclic) bond motifs is 1. The molecule has 0 spiro atoms. The fourth-order valence-electron chi connectivity index (χ4n) is 2.13. The lowest BCUT2D eigenvalue weighted by Crippen LogP contribution is -2.18. The number of carbonyl (C=O) groups excluding carboxylic acids is 1. The predicted molar refractivity (Wildman–Crippen MR) is 65.2 cm³/mol. The number of carbonyl (C=O) groups is 1. The smallest absolute Gasteiger partial charge is 0.231 e. The molecule has 1 aliphatic heterocycles. The molecule has 1 amide bonds. The van der Waals surface area contributed by atoms with Crippen molar-refractivity contribution in [2.45, 2.75) is 32.7 Å². The van der Waals surface area contributed by atoms with E-state index in [4.69, 9.17) is 5.73 Å². The third-order valence-corrected chi connectivity index (χ3v) is 3.35. The van der Waals surface area contributed by atoms with Gasteiger partial charge in [0.25, 0.3) is 0 Å². The SMILES string of the molecule is CC1C(=O)Nc2c1cc(F)cc2C(N)C(C)C. The van der Waals surface area contributed by atoms with Gasteiger partial charge in [0.15, 0.2) is 0 Å². The lowest BCUT2D eigenvalue weighted by atomic mass is 9.92. The zero-order chi connectivity index (χ0) is 12.7. The van der Waals surface area contributed by atoms with Crippen molar-refractivity contribution in [1.82, 2.24) is 0 Å². The second-order valence-corrected chi connectivity index (χ2v) is 4.94. The van der Waals surface area contributed by atoms with Crippen LogP contribution in [0.1, 0.15) is 43.9 Å². The summed E-state index contributed by atoms with van der Waals surface area (Å²) in [5.41, 5.74) is 8.15. The standard InChI is InChI=1S/C13H17FN2O/c1-6(2)11(15)10-5-8(14)4-9-7(3)13(17)16-12(9)10/h4-7,11H,15H2,1-3H3,(H,16,17).